The molecular formula is C21H22FN3O3. The van der Waals surface area contributed by atoms with Gasteiger partial charge in [-0.15, -0.1) is 0 Å². The van der Waals surface area contributed by atoms with E-state index < -0.39 is 17.8 Å². The number of carbonyl (C=O) groups is 2. The predicted molar refractivity (Wildman–Crippen MR) is 101 cm³/mol. The number of carboxylic acids is 1. The lowest BCUT2D eigenvalue weighted by Gasteiger charge is -2.23. The second-order valence-electron chi connectivity index (χ2n) is 7.66. The van der Waals surface area contributed by atoms with Gasteiger partial charge in [-0.2, -0.15) is 5.10 Å². The molecule has 0 radical (unpaired) electrons. The molecule has 0 unspecified atom stereocenters. The Hall–Kier alpha value is -2.96. The second-order valence-corrected chi connectivity index (χ2v) is 7.66. The molecule has 6 nitrogen and oxygen atoms in total. The van der Waals surface area contributed by atoms with E-state index in [1.54, 1.807) is 23.7 Å². The molecule has 2 N–H and O–H groups in total. The zero-order valence-electron chi connectivity index (χ0n) is 15.7. The fourth-order valence-electron chi connectivity index (χ4n) is 4.52. The maximum atomic E-state index is 13.1. The highest BCUT2D eigenvalue weighted by Crippen LogP contribution is 2.48. The Morgan fingerprint density at radius 2 is 1.82 bits per heavy atom. The number of anilines is 1. The summed E-state index contributed by atoms with van der Waals surface area (Å²) >= 11 is 0. The van der Waals surface area contributed by atoms with Crippen LogP contribution in [0.2, 0.25) is 0 Å². The largest absolute Gasteiger partial charge is 0.481 e. The molecule has 4 rings (SSSR count). The molecule has 0 aliphatic heterocycles. The highest BCUT2D eigenvalue weighted by atomic mass is 19.1. The average molecular weight is 383 g/mol. The Morgan fingerprint density at radius 3 is 2.46 bits per heavy atom. The van der Waals surface area contributed by atoms with Gasteiger partial charge in [0.05, 0.1) is 35.5 Å². The van der Waals surface area contributed by atoms with Crippen LogP contribution in [0.4, 0.5) is 10.1 Å². The SMILES string of the molecule is Cc1nn(Cc2ccc(F)cc2)c(C)c1NC(=O)[C@H]1[C@H](C(=O)O)[C@H]2C=C[C@H]1C2. The van der Waals surface area contributed by atoms with E-state index in [9.17, 15) is 19.1 Å². The number of benzene rings is 1. The number of allylic oxidation sites excluding steroid dienone is 2. The number of carboxylic acid groups (broad SMARTS) is 1. The number of halogens is 1. The number of fused-ring (bicyclic) bond motifs is 2. The third-order valence-electron chi connectivity index (χ3n) is 5.92. The number of nitrogens with one attached hydrogen (secondary N) is 1. The van der Waals surface area contributed by atoms with Crippen LogP contribution in [0.5, 0.6) is 0 Å². The van der Waals surface area contributed by atoms with E-state index in [-0.39, 0.29) is 23.6 Å². The summed E-state index contributed by atoms with van der Waals surface area (Å²) in [6.07, 6.45) is 4.60. The van der Waals surface area contributed by atoms with Crippen LogP contribution in [0.3, 0.4) is 0 Å². The maximum Gasteiger partial charge on any atom is 0.307 e. The molecule has 7 heteroatoms. The standard InChI is InChI=1S/C21H22FN3O3/c1-11-19(12(2)25(24-11)10-13-3-7-16(22)8-4-13)23-20(26)17-14-5-6-15(9-14)18(17)21(27)28/h3-8,14-15,17-18H,9-10H2,1-2H3,(H,23,26)(H,27,28)/t14-,15-,17+,18+/m0/s1. The first-order valence-corrected chi connectivity index (χ1v) is 9.35. The summed E-state index contributed by atoms with van der Waals surface area (Å²) in [5.74, 6) is -2.81. The first-order chi connectivity index (χ1) is 13.3. The number of aliphatic carboxylic acids is 1. The van der Waals surface area contributed by atoms with E-state index in [4.69, 9.17) is 0 Å². The lowest BCUT2D eigenvalue weighted by molar-refractivity contribution is -0.146. The molecule has 1 heterocycles. The van der Waals surface area contributed by atoms with E-state index in [1.807, 2.05) is 19.1 Å². The molecule has 1 aromatic heterocycles. The van der Waals surface area contributed by atoms with E-state index in [0.29, 0.717) is 17.9 Å². The molecule has 146 valence electrons. The molecule has 2 aliphatic carbocycles. The van der Waals surface area contributed by atoms with Gasteiger partial charge in [0.1, 0.15) is 5.82 Å². The van der Waals surface area contributed by atoms with Crippen LogP contribution in [-0.2, 0) is 16.1 Å². The lowest BCUT2D eigenvalue weighted by Crippen LogP contribution is -2.36. The summed E-state index contributed by atoms with van der Waals surface area (Å²) in [6, 6.07) is 6.20. The molecule has 1 saturated carbocycles. The molecule has 1 amide bonds. The number of hydrogen-bond acceptors (Lipinski definition) is 3. The monoisotopic (exact) mass is 383 g/mol. The molecule has 2 bridgehead atoms. The number of rotatable bonds is 5. The Bertz CT molecular complexity index is 964. The minimum atomic E-state index is -0.919. The van der Waals surface area contributed by atoms with Crippen molar-refractivity contribution >= 4 is 17.6 Å². The van der Waals surface area contributed by atoms with Gasteiger partial charge in [0.2, 0.25) is 5.91 Å². The van der Waals surface area contributed by atoms with Gasteiger partial charge >= 0.3 is 5.97 Å². The summed E-state index contributed by atoms with van der Waals surface area (Å²) < 4.78 is 14.9. The second kappa shape index (κ2) is 6.89. The van der Waals surface area contributed by atoms with Gasteiger partial charge < -0.3 is 10.4 Å². The quantitative estimate of drug-likeness (QED) is 0.777. The van der Waals surface area contributed by atoms with Crippen LogP contribution < -0.4 is 5.32 Å². The van der Waals surface area contributed by atoms with E-state index in [0.717, 1.165) is 17.7 Å². The highest BCUT2D eigenvalue weighted by molar-refractivity contribution is 5.97. The van der Waals surface area contributed by atoms with Crippen molar-refractivity contribution in [2.75, 3.05) is 5.32 Å². The number of aryl methyl sites for hydroxylation is 1. The van der Waals surface area contributed by atoms with Gasteiger partial charge in [-0.05, 0) is 49.8 Å². The minimum Gasteiger partial charge on any atom is -0.481 e. The number of carbonyl (C=O) groups excluding carboxylic acids is 1. The van der Waals surface area contributed by atoms with Gasteiger partial charge in [0.25, 0.3) is 0 Å². The van der Waals surface area contributed by atoms with Crippen LogP contribution in [0, 0.1) is 43.3 Å². The molecule has 1 fully saturated rings. The van der Waals surface area contributed by atoms with Crippen LogP contribution in [0.1, 0.15) is 23.4 Å². The number of nitrogens with zero attached hydrogens (tertiary/aromatic N) is 2. The molecule has 28 heavy (non-hydrogen) atoms. The van der Waals surface area contributed by atoms with Crippen molar-refractivity contribution in [2.45, 2.75) is 26.8 Å². The summed E-state index contributed by atoms with van der Waals surface area (Å²) in [7, 11) is 0. The number of amides is 1. The first kappa shape index (κ1) is 18.4. The van der Waals surface area contributed by atoms with Crippen LogP contribution >= 0.6 is 0 Å². The van der Waals surface area contributed by atoms with Gasteiger partial charge in [-0.25, -0.2) is 4.39 Å². The Labute approximate surface area is 162 Å². The smallest absolute Gasteiger partial charge is 0.307 e. The maximum absolute atomic E-state index is 13.1. The van der Waals surface area contributed by atoms with Gasteiger partial charge in [0.15, 0.2) is 0 Å². The fraction of sp³-hybridized carbons (Fsp3) is 0.381. The summed E-state index contributed by atoms with van der Waals surface area (Å²) in [6.45, 7) is 4.12. The molecule has 0 saturated heterocycles. The van der Waals surface area contributed by atoms with Crippen molar-refractivity contribution in [3.05, 3.63) is 59.2 Å². The van der Waals surface area contributed by atoms with Crippen molar-refractivity contribution in [1.29, 1.82) is 0 Å². The normalized spacial score (nSPS) is 25.2. The minimum absolute atomic E-state index is 0.0269. The van der Waals surface area contributed by atoms with E-state index >= 15 is 0 Å². The van der Waals surface area contributed by atoms with Crippen molar-refractivity contribution in [3.63, 3.8) is 0 Å². The Morgan fingerprint density at radius 1 is 1.18 bits per heavy atom. The molecular weight excluding hydrogens is 361 g/mol. The zero-order valence-corrected chi connectivity index (χ0v) is 15.7. The Kier molecular flexibility index (Phi) is 4.53. The molecule has 0 spiro atoms. The fourth-order valence-corrected chi connectivity index (χ4v) is 4.52. The zero-order chi connectivity index (χ0) is 20.0. The number of hydrogen-bond donors (Lipinski definition) is 2. The van der Waals surface area contributed by atoms with Crippen molar-refractivity contribution in [2.24, 2.45) is 23.7 Å². The third-order valence-corrected chi connectivity index (χ3v) is 5.92. The molecule has 2 aliphatic rings. The molecule has 4 atom stereocenters. The van der Waals surface area contributed by atoms with Crippen LogP contribution in [-0.4, -0.2) is 26.8 Å². The summed E-state index contributed by atoms with van der Waals surface area (Å²) in [5.41, 5.74) is 2.95. The highest BCUT2D eigenvalue weighted by Gasteiger charge is 2.51. The Balaban J connectivity index is 1.54. The van der Waals surface area contributed by atoms with Crippen LogP contribution in [0.25, 0.3) is 0 Å². The summed E-state index contributed by atoms with van der Waals surface area (Å²) in [4.78, 5) is 24.6. The van der Waals surface area contributed by atoms with E-state index in [1.165, 1.54) is 12.1 Å². The molecule has 2 aromatic rings. The van der Waals surface area contributed by atoms with Crippen molar-refractivity contribution < 1.29 is 19.1 Å². The van der Waals surface area contributed by atoms with Crippen molar-refractivity contribution in [1.82, 2.24) is 9.78 Å². The lowest BCUT2D eigenvalue weighted by atomic mass is 9.82. The average Bonchev–Trinajstić information content (AvgIpc) is 3.33. The van der Waals surface area contributed by atoms with Gasteiger partial charge in [-0.3, -0.25) is 14.3 Å². The van der Waals surface area contributed by atoms with E-state index in [2.05, 4.69) is 10.4 Å². The topological polar surface area (TPSA) is 84.2 Å². The van der Waals surface area contributed by atoms with Crippen molar-refractivity contribution in [3.8, 4) is 0 Å². The molecule has 1 aromatic carbocycles. The summed E-state index contributed by atoms with van der Waals surface area (Å²) in [5, 5.41) is 17.0. The number of aromatic nitrogens is 2. The predicted octanol–water partition coefficient (Wildman–Crippen LogP) is 3.15. The van der Waals surface area contributed by atoms with Gasteiger partial charge in [-0.1, -0.05) is 24.3 Å². The third kappa shape index (κ3) is 3.10. The van der Waals surface area contributed by atoms with Gasteiger partial charge in [0, 0.05) is 0 Å². The first-order valence-electron chi connectivity index (χ1n) is 9.35. The van der Waals surface area contributed by atoms with Crippen LogP contribution in [0.15, 0.2) is 36.4 Å².